The quantitative estimate of drug-likeness (QED) is 0.748. The second-order valence-corrected chi connectivity index (χ2v) is 3.53. The Balaban J connectivity index is 2.01. The van der Waals surface area contributed by atoms with Gasteiger partial charge in [0.25, 0.3) is 0 Å². The van der Waals surface area contributed by atoms with Crippen LogP contribution in [0.5, 0.6) is 17.2 Å². The van der Waals surface area contributed by atoms with Gasteiger partial charge in [0.05, 0.1) is 6.61 Å². The second-order valence-electron chi connectivity index (χ2n) is 3.53. The topological polar surface area (TPSA) is 54.0 Å². The number of benzene rings is 1. The van der Waals surface area contributed by atoms with E-state index in [1.165, 1.54) is 0 Å². The maximum Gasteiger partial charge on any atom is 0.347 e. The molecular formula is C12H14O5. The normalized spacial score (nSPS) is 14.2. The summed E-state index contributed by atoms with van der Waals surface area (Å²) in [6, 6.07) is 5.16. The van der Waals surface area contributed by atoms with Crippen molar-refractivity contribution in [1.29, 1.82) is 0 Å². The van der Waals surface area contributed by atoms with E-state index in [0.717, 1.165) is 0 Å². The van der Waals surface area contributed by atoms with E-state index >= 15 is 0 Å². The fourth-order valence-corrected chi connectivity index (χ4v) is 1.46. The van der Waals surface area contributed by atoms with Crippen molar-refractivity contribution in [2.45, 2.75) is 20.0 Å². The van der Waals surface area contributed by atoms with Crippen molar-refractivity contribution in [3.8, 4) is 17.2 Å². The zero-order valence-corrected chi connectivity index (χ0v) is 9.76. The lowest BCUT2D eigenvalue weighted by Gasteiger charge is -2.13. The Morgan fingerprint density at radius 2 is 2.18 bits per heavy atom. The first-order chi connectivity index (χ1) is 8.20. The van der Waals surface area contributed by atoms with Crippen LogP contribution >= 0.6 is 0 Å². The van der Waals surface area contributed by atoms with Crippen LogP contribution in [0.3, 0.4) is 0 Å². The van der Waals surface area contributed by atoms with Crippen LogP contribution in [0, 0.1) is 0 Å². The van der Waals surface area contributed by atoms with Crippen molar-refractivity contribution >= 4 is 5.97 Å². The summed E-state index contributed by atoms with van der Waals surface area (Å²) in [7, 11) is 0. The van der Waals surface area contributed by atoms with Crippen molar-refractivity contribution in [1.82, 2.24) is 0 Å². The molecule has 1 unspecified atom stereocenters. The van der Waals surface area contributed by atoms with Crippen molar-refractivity contribution in [3.63, 3.8) is 0 Å². The maximum atomic E-state index is 11.4. The highest BCUT2D eigenvalue weighted by molar-refractivity contribution is 5.74. The molecular weight excluding hydrogens is 224 g/mol. The minimum Gasteiger partial charge on any atom is -0.479 e. The Morgan fingerprint density at radius 3 is 2.94 bits per heavy atom. The number of hydrogen-bond donors (Lipinski definition) is 0. The number of fused-ring (bicyclic) bond motifs is 1. The average Bonchev–Trinajstić information content (AvgIpc) is 2.76. The molecule has 0 spiro atoms. The van der Waals surface area contributed by atoms with Gasteiger partial charge in [0.15, 0.2) is 17.6 Å². The largest absolute Gasteiger partial charge is 0.479 e. The van der Waals surface area contributed by atoms with Gasteiger partial charge >= 0.3 is 5.97 Å². The minimum atomic E-state index is -0.643. The lowest BCUT2D eigenvalue weighted by Crippen LogP contribution is -2.25. The predicted octanol–water partition coefficient (Wildman–Crippen LogP) is 1.75. The molecule has 0 N–H and O–H groups in total. The van der Waals surface area contributed by atoms with E-state index in [0.29, 0.717) is 23.9 Å². The molecule has 1 aliphatic rings. The van der Waals surface area contributed by atoms with Gasteiger partial charge in [-0.25, -0.2) is 4.79 Å². The Morgan fingerprint density at radius 1 is 1.41 bits per heavy atom. The van der Waals surface area contributed by atoms with E-state index in [1.54, 1.807) is 32.0 Å². The second kappa shape index (κ2) is 4.95. The highest BCUT2D eigenvalue weighted by Gasteiger charge is 2.18. The molecule has 92 valence electrons. The van der Waals surface area contributed by atoms with Crippen LogP contribution in [-0.2, 0) is 9.53 Å². The highest BCUT2D eigenvalue weighted by atomic mass is 16.7. The fraction of sp³-hybridized carbons (Fsp3) is 0.417. The maximum absolute atomic E-state index is 11.4. The molecule has 0 fully saturated rings. The van der Waals surface area contributed by atoms with Crippen molar-refractivity contribution in [2.75, 3.05) is 13.4 Å². The zero-order valence-electron chi connectivity index (χ0n) is 9.76. The Labute approximate surface area is 99.2 Å². The van der Waals surface area contributed by atoms with Gasteiger partial charge in [0.2, 0.25) is 6.79 Å². The number of esters is 1. The average molecular weight is 238 g/mol. The van der Waals surface area contributed by atoms with Gasteiger partial charge in [-0.2, -0.15) is 0 Å². The molecule has 0 aromatic heterocycles. The van der Waals surface area contributed by atoms with Gasteiger partial charge < -0.3 is 18.9 Å². The van der Waals surface area contributed by atoms with E-state index in [4.69, 9.17) is 18.9 Å². The Hall–Kier alpha value is -1.91. The Kier molecular flexibility index (Phi) is 3.37. The molecule has 1 aromatic carbocycles. The summed E-state index contributed by atoms with van der Waals surface area (Å²) >= 11 is 0. The molecule has 1 heterocycles. The summed E-state index contributed by atoms with van der Waals surface area (Å²) in [5.41, 5.74) is 0. The van der Waals surface area contributed by atoms with Crippen LogP contribution in [0.15, 0.2) is 18.2 Å². The van der Waals surface area contributed by atoms with Crippen molar-refractivity contribution in [2.24, 2.45) is 0 Å². The summed E-state index contributed by atoms with van der Waals surface area (Å²) in [5.74, 6) is 1.47. The van der Waals surface area contributed by atoms with E-state index in [-0.39, 0.29) is 12.8 Å². The number of rotatable bonds is 4. The summed E-state index contributed by atoms with van der Waals surface area (Å²) in [5, 5.41) is 0. The lowest BCUT2D eigenvalue weighted by atomic mass is 10.3. The van der Waals surface area contributed by atoms with Gasteiger partial charge in [0.1, 0.15) is 5.75 Å². The van der Waals surface area contributed by atoms with Crippen molar-refractivity contribution < 1.29 is 23.7 Å². The van der Waals surface area contributed by atoms with Gasteiger partial charge in [-0.3, -0.25) is 0 Å². The molecule has 0 saturated carbocycles. The molecule has 0 bridgehead atoms. The third-order valence-corrected chi connectivity index (χ3v) is 2.28. The third-order valence-electron chi connectivity index (χ3n) is 2.28. The minimum absolute atomic E-state index is 0.215. The molecule has 0 saturated heterocycles. The first-order valence-corrected chi connectivity index (χ1v) is 5.43. The van der Waals surface area contributed by atoms with Gasteiger partial charge in [0, 0.05) is 6.07 Å². The lowest BCUT2D eigenvalue weighted by molar-refractivity contribution is -0.150. The molecule has 1 atom stereocenters. The van der Waals surface area contributed by atoms with E-state index in [2.05, 4.69) is 0 Å². The van der Waals surface area contributed by atoms with Crippen LogP contribution in [0.1, 0.15) is 13.8 Å². The van der Waals surface area contributed by atoms with E-state index in [9.17, 15) is 4.79 Å². The van der Waals surface area contributed by atoms with Gasteiger partial charge in [-0.15, -0.1) is 0 Å². The standard InChI is InChI=1S/C12H14O5/c1-3-14-12(13)8(2)17-9-4-5-10-11(6-9)16-7-15-10/h4-6,8H,3,7H2,1-2H3. The SMILES string of the molecule is CCOC(=O)C(C)Oc1ccc2c(c1)OCO2. The van der Waals surface area contributed by atoms with Crippen LogP contribution in [0.25, 0.3) is 0 Å². The number of hydrogen-bond acceptors (Lipinski definition) is 5. The molecule has 0 radical (unpaired) electrons. The summed E-state index contributed by atoms with van der Waals surface area (Å²) in [6.45, 7) is 3.95. The third kappa shape index (κ3) is 2.61. The molecule has 1 aromatic rings. The molecule has 5 heteroatoms. The van der Waals surface area contributed by atoms with Crippen LogP contribution in [0.4, 0.5) is 0 Å². The first kappa shape index (κ1) is 11.6. The monoisotopic (exact) mass is 238 g/mol. The molecule has 5 nitrogen and oxygen atoms in total. The van der Waals surface area contributed by atoms with Crippen molar-refractivity contribution in [3.05, 3.63) is 18.2 Å². The smallest absolute Gasteiger partial charge is 0.347 e. The van der Waals surface area contributed by atoms with Gasteiger partial charge in [-0.1, -0.05) is 0 Å². The summed E-state index contributed by atoms with van der Waals surface area (Å²) in [4.78, 5) is 11.4. The molecule has 0 amide bonds. The molecule has 17 heavy (non-hydrogen) atoms. The summed E-state index contributed by atoms with van der Waals surface area (Å²) < 4.78 is 20.7. The Bertz CT molecular complexity index is 415. The van der Waals surface area contributed by atoms with E-state index < -0.39 is 6.10 Å². The van der Waals surface area contributed by atoms with Crippen LogP contribution in [0.2, 0.25) is 0 Å². The van der Waals surface area contributed by atoms with Crippen LogP contribution < -0.4 is 14.2 Å². The molecule has 1 aliphatic heterocycles. The highest BCUT2D eigenvalue weighted by Crippen LogP contribution is 2.35. The van der Waals surface area contributed by atoms with Crippen LogP contribution in [-0.4, -0.2) is 25.5 Å². The summed E-state index contributed by atoms with van der Waals surface area (Å²) in [6.07, 6.45) is -0.643. The zero-order chi connectivity index (χ0) is 12.3. The molecule has 2 rings (SSSR count). The number of carbonyl (C=O) groups excluding carboxylic acids is 1. The fourth-order valence-electron chi connectivity index (χ4n) is 1.46. The predicted molar refractivity (Wildman–Crippen MR) is 59.3 cm³/mol. The number of ether oxygens (including phenoxy) is 4. The van der Waals surface area contributed by atoms with E-state index in [1.807, 2.05) is 0 Å². The number of carbonyl (C=O) groups is 1. The molecule has 0 aliphatic carbocycles. The first-order valence-electron chi connectivity index (χ1n) is 5.43. The van der Waals surface area contributed by atoms with Gasteiger partial charge in [-0.05, 0) is 26.0 Å².